The molecular formula is C16H28Cl2N2O3. The highest BCUT2D eigenvalue weighted by Gasteiger charge is 2.24. The Morgan fingerprint density at radius 1 is 1.13 bits per heavy atom. The molecule has 1 saturated heterocycles. The highest BCUT2D eigenvalue weighted by Crippen LogP contribution is 2.40. The maximum atomic E-state index is 10.1. The van der Waals surface area contributed by atoms with Crippen molar-refractivity contribution in [1.29, 1.82) is 0 Å². The second-order valence-electron chi connectivity index (χ2n) is 5.36. The Morgan fingerprint density at radius 3 is 2.09 bits per heavy atom. The maximum absolute atomic E-state index is 10.1. The monoisotopic (exact) mass is 366 g/mol. The lowest BCUT2D eigenvalue weighted by Gasteiger charge is -2.35. The quantitative estimate of drug-likeness (QED) is 0.810. The predicted octanol–water partition coefficient (Wildman–Crippen LogP) is 3.00. The van der Waals surface area contributed by atoms with Gasteiger partial charge in [-0.15, -0.1) is 24.8 Å². The first-order valence-electron chi connectivity index (χ1n) is 7.60. The van der Waals surface area contributed by atoms with Crippen LogP contribution in [-0.2, 0) is 0 Å². The van der Waals surface area contributed by atoms with Gasteiger partial charge in [0.1, 0.15) is 0 Å². The Balaban J connectivity index is 0.00000242. The fourth-order valence-corrected chi connectivity index (χ4v) is 2.93. The summed E-state index contributed by atoms with van der Waals surface area (Å²) in [6, 6.07) is 4.20. The van der Waals surface area contributed by atoms with E-state index >= 15 is 0 Å². The lowest BCUT2D eigenvalue weighted by atomic mass is 9.99. The van der Waals surface area contributed by atoms with Crippen LogP contribution in [0.25, 0.3) is 0 Å². The first kappa shape index (κ1) is 22.1. The summed E-state index contributed by atoms with van der Waals surface area (Å²) in [6.07, 6.45) is 2.19. The Kier molecular flexibility index (Phi) is 10.4. The normalized spacial score (nSPS) is 16.0. The molecule has 1 aromatic rings. The molecule has 0 aromatic heterocycles. The largest absolute Gasteiger partial charge is 0.502 e. The molecule has 7 heteroatoms. The smallest absolute Gasteiger partial charge is 0.200 e. The second kappa shape index (κ2) is 10.8. The van der Waals surface area contributed by atoms with Crippen LogP contribution in [-0.4, -0.2) is 50.4 Å². The molecule has 134 valence electrons. The summed E-state index contributed by atoms with van der Waals surface area (Å²) in [5.41, 5.74) is 1.14. The molecule has 0 spiro atoms. The zero-order chi connectivity index (χ0) is 15.2. The van der Waals surface area contributed by atoms with Gasteiger partial charge >= 0.3 is 0 Å². The van der Waals surface area contributed by atoms with E-state index in [0.717, 1.165) is 44.6 Å². The summed E-state index contributed by atoms with van der Waals surface area (Å²) in [7, 11) is 3.13. The molecule has 1 aliphatic rings. The molecule has 1 aromatic carbocycles. The van der Waals surface area contributed by atoms with Gasteiger partial charge in [-0.2, -0.15) is 0 Å². The van der Waals surface area contributed by atoms with Crippen LogP contribution in [0.1, 0.15) is 31.4 Å². The SMILES string of the molecule is CCC[C@H](c1cc(OC)c(O)c(OC)c1)N1CCNCC1.Cl.Cl. The molecule has 0 aliphatic carbocycles. The standard InChI is InChI=1S/C16H26N2O3.2ClH/c1-4-5-13(18-8-6-17-7-9-18)12-10-14(20-2)16(19)15(11-12)21-3;;/h10-11,13,17,19H,4-9H2,1-3H3;2*1H/t13-;;/m1../s1. The van der Waals surface area contributed by atoms with E-state index in [2.05, 4.69) is 17.1 Å². The summed E-state index contributed by atoms with van der Waals surface area (Å²) in [5.74, 6) is 1.01. The first-order valence-corrected chi connectivity index (χ1v) is 7.60. The summed E-state index contributed by atoms with van der Waals surface area (Å²) in [5, 5.41) is 13.4. The van der Waals surface area contributed by atoms with E-state index < -0.39 is 0 Å². The molecule has 0 radical (unpaired) electrons. The third-order valence-corrected chi connectivity index (χ3v) is 4.04. The molecule has 0 amide bonds. The van der Waals surface area contributed by atoms with Crippen LogP contribution >= 0.6 is 24.8 Å². The average Bonchev–Trinajstić information content (AvgIpc) is 2.54. The summed E-state index contributed by atoms with van der Waals surface area (Å²) < 4.78 is 10.6. The fraction of sp³-hybridized carbons (Fsp3) is 0.625. The van der Waals surface area contributed by atoms with E-state index in [-0.39, 0.29) is 30.6 Å². The number of benzene rings is 1. The number of halogens is 2. The maximum Gasteiger partial charge on any atom is 0.200 e. The number of hydrogen-bond acceptors (Lipinski definition) is 5. The Morgan fingerprint density at radius 2 is 1.65 bits per heavy atom. The van der Waals surface area contributed by atoms with E-state index in [4.69, 9.17) is 9.47 Å². The van der Waals surface area contributed by atoms with Crippen LogP contribution in [0.4, 0.5) is 0 Å². The number of ether oxygens (including phenoxy) is 2. The molecule has 1 fully saturated rings. The first-order chi connectivity index (χ1) is 10.2. The molecule has 2 N–H and O–H groups in total. The van der Waals surface area contributed by atoms with Gasteiger partial charge in [-0.05, 0) is 24.1 Å². The van der Waals surface area contributed by atoms with Crippen molar-refractivity contribution in [3.8, 4) is 17.2 Å². The van der Waals surface area contributed by atoms with Crippen LogP contribution in [0, 0.1) is 0 Å². The lowest BCUT2D eigenvalue weighted by molar-refractivity contribution is 0.164. The van der Waals surface area contributed by atoms with Crippen molar-refractivity contribution in [3.63, 3.8) is 0 Å². The van der Waals surface area contributed by atoms with Gasteiger partial charge in [0.15, 0.2) is 11.5 Å². The minimum atomic E-state index is 0. The van der Waals surface area contributed by atoms with Gasteiger partial charge in [-0.3, -0.25) is 4.90 Å². The van der Waals surface area contributed by atoms with Gasteiger partial charge in [0.05, 0.1) is 14.2 Å². The van der Waals surface area contributed by atoms with E-state index in [0.29, 0.717) is 17.5 Å². The number of phenolic OH excluding ortho intramolecular Hbond substituents is 1. The molecular weight excluding hydrogens is 339 g/mol. The van der Waals surface area contributed by atoms with Gasteiger partial charge in [0, 0.05) is 32.2 Å². The minimum absolute atomic E-state index is 0. The molecule has 23 heavy (non-hydrogen) atoms. The van der Waals surface area contributed by atoms with Crippen LogP contribution in [0.15, 0.2) is 12.1 Å². The van der Waals surface area contributed by atoms with Crippen molar-refractivity contribution in [3.05, 3.63) is 17.7 Å². The van der Waals surface area contributed by atoms with Crippen LogP contribution < -0.4 is 14.8 Å². The summed E-state index contributed by atoms with van der Waals surface area (Å²) in [6.45, 7) is 6.32. The van der Waals surface area contributed by atoms with Crippen molar-refractivity contribution in [2.24, 2.45) is 0 Å². The highest BCUT2D eigenvalue weighted by molar-refractivity contribution is 5.85. The van der Waals surface area contributed by atoms with Crippen molar-refractivity contribution in [1.82, 2.24) is 10.2 Å². The van der Waals surface area contributed by atoms with Crippen LogP contribution in [0.2, 0.25) is 0 Å². The van der Waals surface area contributed by atoms with Crippen molar-refractivity contribution in [2.45, 2.75) is 25.8 Å². The van der Waals surface area contributed by atoms with Gasteiger partial charge in [-0.25, -0.2) is 0 Å². The second-order valence-corrected chi connectivity index (χ2v) is 5.36. The lowest BCUT2D eigenvalue weighted by Crippen LogP contribution is -2.45. The topological polar surface area (TPSA) is 54.0 Å². The Bertz CT molecular complexity index is 444. The number of rotatable bonds is 6. The number of aromatic hydroxyl groups is 1. The van der Waals surface area contributed by atoms with Gasteiger partial charge in [-0.1, -0.05) is 13.3 Å². The molecule has 5 nitrogen and oxygen atoms in total. The van der Waals surface area contributed by atoms with Crippen molar-refractivity contribution < 1.29 is 14.6 Å². The number of phenols is 1. The third kappa shape index (κ3) is 5.31. The summed E-state index contributed by atoms with van der Waals surface area (Å²) in [4.78, 5) is 2.49. The van der Waals surface area contributed by atoms with Gasteiger partial charge in [0.25, 0.3) is 0 Å². The van der Waals surface area contributed by atoms with Crippen LogP contribution in [0.3, 0.4) is 0 Å². The average molecular weight is 367 g/mol. The molecule has 1 atom stereocenters. The minimum Gasteiger partial charge on any atom is -0.502 e. The molecule has 0 saturated carbocycles. The number of hydrogen-bond donors (Lipinski definition) is 2. The molecule has 0 bridgehead atoms. The highest BCUT2D eigenvalue weighted by atomic mass is 35.5. The molecule has 2 rings (SSSR count). The number of nitrogens with one attached hydrogen (secondary N) is 1. The Hall–Kier alpha value is -0.880. The zero-order valence-electron chi connectivity index (χ0n) is 14.0. The van der Waals surface area contributed by atoms with E-state index in [9.17, 15) is 5.11 Å². The van der Waals surface area contributed by atoms with E-state index in [1.54, 1.807) is 14.2 Å². The van der Waals surface area contributed by atoms with E-state index in [1.807, 2.05) is 12.1 Å². The van der Waals surface area contributed by atoms with Crippen molar-refractivity contribution in [2.75, 3.05) is 40.4 Å². The van der Waals surface area contributed by atoms with Gasteiger partial charge < -0.3 is 19.9 Å². The number of piperazine rings is 1. The molecule has 1 heterocycles. The predicted molar refractivity (Wildman–Crippen MR) is 97.8 cm³/mol. The Labute approximate surface area is 151 Å². The van der Waals surface area contributed by atoms with Crippen molar-refractivity contribution >= 4 is 24.8 Å². The van der Waals surface area contributed by atoms with Gasteiger partial charge in [0.2, 0.25) is 5.75 Å². The fourth-order valence-electron chi connectivity index (χ4n) is 2.93. The number of nitrogens with zero attached hydrogens (tertiary/aromatic N) is 1. The zero-order valence-corrected chi connectivity index (χ0v) is 15.6. The van der Waals surface area contributed by atoms with E-state index in [1.165, 1.54) is 0 Å². The summed E-state index contributed by atoms with van der Waals surface area (Å²) >= 11 is 0. The molecule has 0 unspecified atom stereocenters. The molecule has 1 aliphatic heterocycles. The number of methoxy groups -OCH3 is 2. The third-order valence-electron chi connectivity index (χ3n) is 4.04. The van der Waals surface area contributed by atoms with Crippen LogP contribution in [0.5, 0.6) is 17.2 Å².